The molecule has 9 heteroatoms. The smallest absolute Gasteiger partial charge is 0.276 e. The van der Waals surface area contributed by atoms with Gasteiger partial charge in [-0.25, -0.2) is 4.98 Å². The standard InChI is InChI=1S/C23H24N6O3/c1-3-29-19(11-14(2)27-29)22(32)26-23-25-17-12-16(21(24)31)9-10-18(17)28(23)13-20(30)15-7-5-4-6-8-15/h4-12,20,30H,3,13H2,1-2H3,(H2,24,31)(H,25,26,32)/t20-/m1/s1. The second kappa shape index (κ2) is 8.64. The van der Waals surface area contributed by atoms with Crippen molar-refractivity contribution in [3.05, 3.63) is 77.1 Å². The number of aromatic nitrogens is 4. The maximum absolute atomic E-state index is 13.0. The lowest BCUT2D eigenvalue weighted by atomic mass is 10.1. The van der Waals surface area contributed by atoms with Crippen LogP contribution in [0.1, 0.15) is 45.1 Å². The molecule has 0 spiro atoms. The number of hydrogen-bond donors (Lipinski definition) is 3. The first-order chi connectivity index (χ1) is 15.4. The first kappa shape index (κ1) is 21.3. The van der Waals surface area contributed by atoms with Gasteiger partial charge in [0, 0.05) is 12.1 Å². The first-order valence-corrected chi connectivity index (χ1v) is 10.3. The van der Waals surface area contributed by atoms with Gasteiger partial charge in [-0.1, -0.05) is 30.3 Å². The Morgan fingerprint density at radius 1 is 1.16 bits per heavy atom. The maximum atomic E-state index is 13.0. The van der Waals surface area contributed by atoms with Crippen LogP contribution in [0.15, 0.2) is 54.6 Å². The number of imidazole rings is 1. The van der Waals surface area contributed by atoms with E-state index in [-0.39, 0.29) is 18.4 Å². The second-order valence-electron chi connectivity index (χ2n) is 7.48. The van der Waals surface area contributed by atoms with Gasteiger partial charge in [0.25, 0.3) is 5.91 Å². The number of amides is 2. The molecule has 2 heterocycles. The van der Waals surface area contributed by atoms with E-state index >= 15 is 0 Å². The van der Waals surface area contributed by atoms with E-state index in [9.17, 15) is 14.7 Å². The number of primary amides is 1. The van der Waals surface area contributed by atoms with Gasteiger partial charge in [-0.2, -0.15) is 5.10 Å². The number of anilines is 1. The lowest BCUT2D eigenvalue weighted by Crippen LogP contribution is -2.21. The van der Waals surface area contributed by atoms with Crippen molar-refractivity contribution in [3.63, 3.8) is 0 Å². The Balaban J connectivity index is 1.74. The molecule has 4 aromatic rings. The summed E-state index contributed by atoms with van der Waals surface area (Å²) in [6.45, 7) is 4.42. The van der Waals surface area contributed by atoms with Crippen LogP contribution in [0.3, 0.4) is 0 Å². The number of rotatable bonds is 7. The van der Waals surface area contributed by atoms with E-state index in [1.54, 1.807) is 33.5 Å². The number of aliphatic hydroxyl groups excluding tert-OH is 1. The van der Waals surface area contributed by atoms with Crippen molar-refractivity contribution in [3.8, 4) is 0 Å². The van der Waals surface area contributed by atoms with E-state index in [0.29, 0.717) is 28.8 Å². The second-order valence-corrected chi connectivity index (χ2v) is 7.48. The number of carbonyl (C=O) groups excluding carboxylic acids is 2. The van der Waals surface area contributed by atoms with Crippen LogP contribution in [0.4, 0.5) is 5.95 Å². The number of nitrogens with zero attached hydrogens (tertiary/aromatic N) is 4. The van der Waals surface area contributed by atoms with Crippen LogP contribution in [0.2, 0.25) is 0 Å². The average molecular weight is 432 g/mol. The minimum atomic E-state index is -0.830. The summed E-state index contributed by atoms with van der Waals surface area (Å²) in [5, 5.41) is 18.0. The number of carbonyl (C=O) groups is 2. The molecule has 2 amide bonds. The fraction of sp³-hybridized carbons (Fsp3) is 0.217. The maximum Gasteiger partial charge on any atom is 0.276 e. The molecule has 0 aliphatic rings. The fourth-order valence-corrected chi connectivity index (χ4v) is 3.65. The molecule has 0 radical (unpaired) electrons. The van der Waals surface area contributed by atoms with Crippen molar-refractivity contribution >= 4 is 28.8 Å². The van der Waals surface area contributed by atoms with Crippen molar-refractivity contribution in [2.75, 3.05) is 5.32 Å². The number of aliphatic hydroxyl groups is 1. The van der Waals surface area contributed by atoms with Crippen molar-refractivity contribution in [2.45, 2.75) is 33.0 Å². The summed E-state index contributed by atoms with van der Waals surface area (Å²) in [7, 11) is 0. The van der Waals surface area contributed by atoms with Crippen LogP contribution >= 0.6 is 0 Å². The van der Waals surface area contributed by atoms with E-state index < -0.39 is 12.0 Å². The molecule has 0 aliphatic heterocycles. The van der Waals surface area contributed by atoms with Crippen LogP contribution in [-0.2, 0) is 13.1 Å². The molecule has 0 saturated carbocycles. The number of nitrogens with two attached hydrogens (primary N) is 1. The molecular weight excluding hydrogens is 408 g/mol. The van der Waals surface area contributed by atoms with E-state index in [1.807, 2.05) is 44.2 Å². The molecule has 164 valence electrons. The Labute approximate surface area is 184 Å². The summed E-state index contributed by atoms with van der Waals surface area (Å²) < 4.78 is 3.33. The monoisotopic (exact) mass is 432 g/mol. The molecule has 0 aliphatic carbocycles. The number of aryl methyl sites for hydroxylation is 2. The van der Waals surface area contributed by atoms with Crippen molar-refractivity contribution in [1.82, 2.24) is 19.3 Å². The zero-order chi connectivity index (χ0) is 22.8. The summed E-state index contributed by atoms with van der Waals surface area (Å²) in [6, 6.07) is 15.8. The highest BCUT2D eigenvalue weighted by Gasteiger charge is 2.20. The average Bonchev–Trinajstić information content (AvgIpc) is 3.33. The van der Waals surface area contributed by atoms with Gasteiger partial charge in [-0.15, -0.1) is 0 Å². The van der Waals surface area contributed by atoms with Crippen LogP contribution in [0.25, 0.3) is 11.0 Å². The van der Waals surface area contributed by atoms with Gasteiger partial charge in [0.15, 0.2) is 0 Å². The van der Waals surface area contributed by atoms with Crippen molar-refractivity contribution in [1.29, 1.82) is 0 Å². The molecule has 4 rings (SSSR count). The predicted molar refractivity (Wildman–Crippen MR) is 120 cm³/mol. The molecular formula is C23H24N6O3. The quantitative estimate of drug-likeness (QED) is 0.414. The van der Waals surface area contributed by atoms with Gasteiger partial charge in [0.05, 0.1) is 29.4 Å². The van der Waals surface area contributed by atoms with Gasteiger partial charge in [0.2, 0.25) is 11.9 Å². The van der Waals surface area contributed by atoms with Gasteiger partial charge in [-0.05, 0) is 43.7 Å². The third-order valence-electron chi connectivity index (χ3n) is 5.23. The highest BCUT2D eigenvalue weighted by molar-refractivity contribution is 6.03. The van der Waals surface area contributed by atoms with E-state index in [4.69, 9.17) is 5.73 Å². The lowest BCUT2D eigenvalue weighted by Gasteiger charge is -2.15. The van der Waals surface area contributed by atoms with E-state index in [2.05, 4.69) is 15.4 Å². The lowest BCUT2D eigenvalue weighted by molar-refractivity contribution is 0.0995. The summed E-state index contributed by atoms with van der Waals surface area (Å²) >= 11 is 0. The zero-order valence-corrected chi connectivity index (χ0v) is 17.8. The molecule has 0 fully saturated rings. The molecule has 2 aromatic heterocycles. The number of fused-ring (bicyclic) bond motifs is 1. The normalized spacial score (nSPS) is 12.1. The van der Waals surface area contributed by atoms with E-state index in [0.717, 1.165) is 11.3 Å². The van der Waals surface area contributed by atoms with E-state index in [1.165, 1.54) is 0 Å². The van der Waals surface area contributed by atoms with Crippen molar-refractivity contribution < 1.29 is 14.7 Å². The summed E-state index contributed by atoms with van der Waals surface area (Å²) in [6.07, 6.45) is -0.830. The highest BCUT2D eigenvalue weighted by atomic mass is 16.3. The first-order valence-electron chi connectivity index (χ1n) is 10.3. The summed E-state index contributed by atoms with van der Waals surface area (Å²) in [4.78, 5) is 29.1. The minimum Gasteiger partial charge on any atom is -0.387 e. The molecule has 0 bridgehead atoms. The molecule has 4 N–H and O–H groups in total. The molecule has 0 saturated heterocycles. The Bertz CT molecular complexity index is 1290. The zero-order valence-electron chi connectivity index (χ0n) is 17.8. The van der Waals surface area contributed by atoms with Crippen molar-refractivity contribution in [2.24, 2.45) is 5.73 Å². The van der Waals surface area contributed by atoms with Crippen LogP contribution in [0.5, 0.6) is 0 Å². The molecule has 9 nitrogen and oxygen atoms in total. The Morgan fingerprint density at radius 2 is 1.91 bits per heavy atom. The van der Waals surface area contributed by atoms with Gasteiger partial charge < -0.3 is 15.4 Å². The molecule has 0 unspecified atom stereocenters. The predicted octanol–water partition coefficient (Wildman–Crippen LogP) is 2.65. The Morgan fingerprint density at radius 3 is 2.59 bits per heavy atom. The molecule has 2 aromatic carbocycles. The Kier molecular flexibility index (Phi) is 5.74. The number of nitrogens with one attached hydrogen (secondary N) is 1. The third-order valence-corrected chi connectivity index (χ3v) is 5.23. The SMILES string of the molecule is CCn1nc(C)cc1C(=O)Nc1nc2cc(C(N)=O)ccc2n1C[C@@H](O)c1ccccc1. The van der Waals surface area contributed by atoms with Crippen LogP contribution in [-0.4, -0.2) is 36.3 Å². The number of benzene rings is 2. The van der Waals surface area contributed by atoms with Crippen LogP contribution < -0.4 is 11.1 Å². The largest absolute Gasteiger partial charge is 0.387 e. The summed E-state index contributed by atoms with van der Waals surface area (Å²) in [5.74, 6) is -0.685. The minimum absolute atomic E-state index is 0.151. The van der Waals surface area contributed by atoms with Gasteiger partial charge in [0.1, 0.15) is 5.69 Å². The van der Waals surface area contributed by atoms with Crippen LogP contribution in [0, 0.1) is 6.92 Å². The van der Waals surface area contributed by atoms with Gasteiger partial charge >= 0.3 is 0 Å². The fourth-order valence-electron chi connectivity index (χ4n) is 3.65. The molecule has 1 atom stereocenters. The highest BCUT2D eigenvalue weighted by Crippen LogP contribution is 2.25. The Hall–Kier alpha value is -3.98. The molecule has 32 heavy (non-hydrogen) atoms. The third kappa shape index (κ3) is 4.10. The number of hydrogen-bond acceptors (Lipinski definition) is 5. The summed E-state index contributed by atoms with van der Waals surface area (Å²) in [5.41, 5.74) is 8.73. The topological polar surface area (TPSA) is 128 Å². The van der Waals surface area contributed by atoms with Gasteiger partial charge in [-0.3, -0.25) is 19.6 Å².